The molecule has 1 amide bonds. The van der Waals surface area contributed by atoms with Gasteiger partial charge in [-0.2, -0.15) is 0 Å². The second-order valence-electron chi connectivity index (χ2n) is 6.39. The van der Waals surface area contributed by atoms with Crippen molar-refractivity contribution in [1.29, 1.82) is 0 Å². The molecule has 0 bridgehead atoms. The Bertz CT molecular complexity index is 1190. The molecule has 0 aromatic heterocycles. The van der Waals surface area contributed by atoms with E-state index in [4.69, 9.17) is 9.47 Å². The number of hydrogen-bond donors (Lipinski definition) is 2. The van der Waals surface area contributed by atoms with Crippen molar-refractivity contribution in [2.24, 2.45) is 0 Å². The van der Waals surface area contributed by atoms with Gasteiger partial charge in [0.25, 0.3) is 10.0 Å². The predicted molar refractivity (Wildman–Crippen MR) is 121 cm³/mol. The molecule has 0 unspecified atom stereocenters. The lowest BCUT2D eigenvalue weighted by Gasteiger charge is -2.13. The molecule has 0 aliphatic heterocycles. The molecule has 0 heterocycles. The largest absolute Gasteiger partial charge is 0.497 e. The van der Waals surface area contributed by atoms with Crippen LogP contribution in [-0.2, 0) is 14.8 Å². The molecule has 0 spiro atoms. The van der Waals surface area contributed by atoms with Gasteiger partial charge in [-0.05, 0) is 48.5 Å². The molecule has 0 radical (unpaired) electrons. The summed E-state index contributed by atoms with van der Waals surface area (Å²) in [5.41, 5.74) is 1.25. The summed E-state index contributed by atoms with van der Waals surface area (Å²) in [5, 5.41) is 2.70. The molecule has 0 fully saturated rings. The van der Waals surface area contributed by atoms with E-state index in [9.17, 15) is 13.2 Å². The number of sulfonamides is 1. The van der Waals surface area contributed by atoms with E-state index >= 15 is 0 Å². The fourth-order valence-electron chi connectivity index (χ4n) is 2.79. The van der Waals surface area contributed by atoms with Crippen molar-refractivity contribution in [3.63, 3.8) is 0 Å². The zero-order valence-corrected chi connectivity index (χ0v) is 17.8. The quantitative estimate of drug-likeness (QED) is 0.515. The Morgan fingerprint density at radius 1 is 0.871 bits per heavy atom. The van der Waals surface area contributed by atoms with Gasteiger partial charge in [0.05, 0.1) is 30.5 Å². The van der Waals surface area contributed by atoms with Crippen LogP contribution < -0.4 is 19.5 Å². The highest BCUT2D eigenvalue weighted by Crippen LogP contribution is 2.26. The minimum absolute atomic E-state index is 0.126. The van der Waals surface area contributed by atoms with Crippen LogP contribution in [0.1, 0.15) is 5.56 Å². The third-order valence-electron chi connectivity index (χ3n) is 4.33. The first-order chi connectivity index (χ1) is 14.9. The minimum Gasteiger partial charge on any atom is -0.497 e. The summed E-state index contributed by atoms with van der Waals surface area (Å²) in [6.45, 7) is 0. The summed E-state index contributed by atoms with van der Waals surface area (Å²) >= 11 is 0. The first-order valence-corrected chi connectivity index (χ1v) is 10.8. The molecule has 0 saturated heterocycles. The van der Waals surface area contributed by atoms with Crippen LogP contribution in [0.15, 0.2) is 83.8 Å². The molecule has 3 aromatic rings. The number of carbonyl (C=O) groups excluding carboxylic acids is 1. The van der Waals surface area contributed by atoms with Gasteiger partial charge in [-0.15, -0.1) is 0 Å². The second-order valence-corrected chi connectivity index (χ2v) is 8.08. The average Bonchev–Trinajstić information content (AvgIpc) is 2.79. The summed E-state index contributed by atoms with van der Waals surface area (Å²) in [6.07, 6.45) is 2.92. The molecular weight excluding hydrogens is 416 g/mol. The molecule has 0 aliphatic rings. The fourth-order valence-corrected chi connectivity index (χ4v) is 3.89. The maximum atomic E-state index is 12.6. The van der Waals surface area contributed by atoms with Crippen molar-refractivity contribution in [2.45, 2.75) is 4.90 Å². The summed E-state index contributed by atoms with van der Waals surface area (Å²) in [6, 6.07) is 19.8. The Balaban J connectivity index is 1.78. The number of amides is 1. The molecule has 3 aromatic carbocycles. The van der Waals surface area contributed by atoms with Gasteiger partial charge < -0.3 is 14.8 Å². The number of anilines is 2. The highest BCUT2D eigenvalue weighted by atomic mass is 32.2. The Hall–Kier alpha value is -3.78. The van der Waals surface area contributed by atoms with Crippen LogP contribution in [-0.4, -0.2) is 28.5 Å². The molecule has 8 heteroatoms. The molecule has 2 N–H and O–H groups in total. The van der Waals surface area contributed by atoms with Gasteiger partial charge in [-0.1, -0.05) is 30.3 Å². The van der Waals surface area contributed by atoms with Gasteiger partial charge in [-0.3, -0.25) is 9.52 Å². The number of rotatable bonds is 8. The van der Waals surface area contributed by atoms with Gasteiger partial charge >= 0.3 is 0 Å². The lowest BCUT2D eigenvalue weighted by atomic mass is 10.1. The highest BCUT2D eigenvalue weighted by molar-refractivity contribution is 7.92. The van der Waals surface area contributed by atoms with Gasteiger partial charge in [0, 0.05) is 11.6 Å². The molecule has 0 saturated carbocycles. The van der Waals surface area contributed by atoms with Crippen LogP contribution in [0.5, 0.6) is 11.5 Å². The summed E-state index contributed by atoms with van der Waals surface area (Å²) in [4.78, 5) is 12.6. The lowest BCUT2D eigenvalue weighted by Crippen LogP contribution is -2.16. The molecule has 3 rings (SSSR count). The Labute approximate surface area is 181 Å². The third-order valence-corrected chi connectivity index (χ3v) is 5.72. The fraction of sp³-hybridized carbons (Fsp3) is 0.0870. The first kappa shape index (κ1) is 21.9. The zero-order valence-electron chi connectivity index (χ0n) is 17.0. The van der Waals surface area contributed by atoms with Crippen molar-refractivity contribution < 1.29 is 22.7 Å². The van der Waals surface area contributed by atoms with E-state index in [-0.39, 0.29) is 10.6 Å². The van der Waals surface area contributed by atoms with E-state index in [0.717, 1.165) is 0 Å². The van der Waals surface area contributed by atoms with E-state index in [0.29, 0.717) is 22.7 Å². The van der Waals surface area contributed by atoms with Crippen LogP contribution in [0.3, 0.4) is 0 Å². The van der Waals surface area contributed by atoms with Gasteiger partial charge in [0.15, 0.2) is 0 Å². The topological polar surface area (TPSA) is 93.7 Å². The number of para-hydroxylation sites is 2. The summed E-state index contributed by atoms with van der Waals surface area (Å²) < 4.78 is 38.2. The maximum Gasteiger partial charge on any atom is 0.261 e. The molecule has 160 valence electrons. The predicted octanol–water partition coefficient (Wildman–Crippen LogP) is 4.16. The molecule has 0 atom stereocenters. The Kier molecular flexibility index (Phi) is 6.94. The van der Waals surface area contributed by atoms with Crippen molar-refractivity contribution in [3.8, 4) is 11.5 Å². The lowest BCUT2D eigenvalue weighted by molar-refractivity contribution is -0.111. The number of nitrogens with one attached hydrogen (secondary N) is 2. The SMILES string of the molecule is COc1ccc(OC)c(/C=C/C(=O)Nc2ccccc2NS(=O)(=O)c2ccccc2)c1. The normalized spacial score (nSPS) is 11.2. The van der Waals surface area contributed by atoms with Crippen LogP contribution >= 0.6 is 0 Å². The zero-order chi connectivity index (χ0) is 22.3. The van der Waals surface area contributed by atoms with Crippen molar-refractivity contribution in [3.05, 3.63) is 84.4 Å². The number of methoxy groups -OCH3 is 2. The smallest absolute Gasteiger partial charge is 0.261 e. The second kappa shape index (κ2) is 9.82. The standard InChI is InChI=1S/C23H22N2O5S/c1-29-18-13-14-22(30-2)17(16-18)12-15-23(26)24-20-10-6-7-11-21(20)25-31(27,28)19-8-4-3-5-9-19/h3-16,25H,1-2H3,(H,24,26)/b15-12+. The number of ether oxygens (including phenoxy) is 2. The summed E-state index contributed by atoms with van der Waals surface area (Å²) in [7, 11) is -0.706. The van der Waals surface area contributed by atoms with Gasteiger partial charge in [0.1, 0.15) is 11.5 Å². The van der Waals surface area contributed by atoms with Crippen LogP contribution in [0.25, 0.3) is 6.08 Å². The van der Waals surface area contributed by atoms with Crippen molar-refractivity contribution in [2.75, 3.05) is 24.3 Å². The van der Waals surface area contributed by atoms with Gasteiger partial charge in [-0.25, -0.2) is 8.42 Å². The van der Waals surface area contributed by atoms with E-state index in [1.54, 1.807) is 73.8 Å². The number of hydrogen-bond acceptors (Lipinski definition) is 5. The monoisotopic (exact) mass is 438 g/mol. The number of carbonyl (C=O) groups is 1. The van der Waals surface area contributed by atoms with Crippen LogP contribution in [0.4, 0.5) is 11.4 Å². The minimum atomic E-state index is -3.79. The Morgan fingerprint density at radius 2 is 1.55 bits per heavy atom. The molecule has 31 heavy (non-hydrogen) atoms. The van der Waals surface area contributed by atoms with Crippen LogP contribution in [0, 0.1) is 0 Å². The Morgan fingerprint density at radius 3 is 2.23 bits per heavy atom. The van der Waals surface area contributed by atoms with E-state index in [1.165, 1.54) is 25.3 Å². The molecule has 7 nitrogen and oxygen atoms in total. The van der Waals surface area contributed by atoms with Crippen molar-refractivity contribution in [1.82, 2.24) is 0 Å². The summed E-state index contributed by atoms with van der Waals surface area (Å²) in [5.74, 6) is 0.777. The average molecular weight is 439 g/mol. The maximum absolute atomic E-state index is 12.6. The van der Waals surface area contributed by atoms with E-state index in [1.807, 2.05) is 0 Å². The molecule has 0 aliphatic carbocycles. The van der Waals surface area contributed by atoms with Crippen molar-refractivity contribution >= 4 is 33.4 Å². The van der Waals surface area contributed by atoms with Gasteiger partial charge in [0.2, 0.25) is 5.91 Å². The highest BCUT2D eigenvalue weighted by Gasteiger charge is 2.16. The van der Waals surface area contributed by atoms with E-state index in [2.05, 4.69) is 10.0 Å². The van der Waals surface area contributed by atoms with Crippen LogP contribution in [0.2, 0.25) is 0 Å². The first-order valence-electron chi connectivity index (χ1n) is 9.31. The van der Waals surface area contributed by atoms with E-state index < -0.39 is 15.9 Å². The third kappa shape index (κ3) is 5.64. The molecular formula is C23H22N2O5S. The number of benzene rings is 3.